The van der Waals surface area contributed by atoms with Gasteiger partial charge in [-0.3, -0.25) is 14.5 Å². The zero-order valence-electron chi connectivity index (χ0n) is 33.5. The van der Waals surface area contributed by atoms with Crippen molar-refractivity contribution in [2.24, 2.45) is 11.8 Å². The first-order chi connectivity index (χ1) is 27.0. The molecule has 0 aliphatic heterocycles. The fraction of sp³-hybridized carbons (Fsp3) is 0.432. The van der Waals surface area contributed by atoms with E-state index in [0.717, 1.165) is 11.1 Å². The third kappa shape index (κ3) is 6.93. The van der Waals surface area contributed by atoms with Crippen LogP contribution in [0, 0.1) is 11.8 Å². The van der Waals surface area contributed by atoms with Gasteiger partial charge in [0.15, 0.2) is 19.7 Å². The number of rotatable bonds is 12. The van der Waals surface area contributed by atoms with Gasteiger partial charge in [0.1, 0.15) is 30.3 Å². The van der Waals surface area contributed by atoms with E-state index >= 15 is 9.59 Å². The van der Waals surface area contributed by atoms with Crippen molar-refractivity contribution >= 4 is 37.2 Å². The number of aliphatic hydroxyl groups excluding tert-OH is 3. The summed E-state index contributed by atoms with van der Waals surface area (Å²) in [5, 5.41) is 37.1. The van der Waals surface area contributed by atoms with Crippen molar-refractivity contribution in [3.8, 4) is 11.6 Å². The Morgan fingerprint density at radius 2 is 1.54 bits per heavy atom. The molecule has 0 spiro atoms. The maximum absolute atomic E-state index is 15.8. The van der Waals surface area contributed by atoms with Gasteiger partial charge in [-0.1, -0.05) is 93.0 Å². The summed E-state index contributed by atoms with van der Waals surface area (Å²) in [7, 11) is 0.779. The van der Waals surface area contributed by atoms with Crippen LogP contribution < -0.4 is 9.47 Å². The fourth-order valence-electron chi connectivity index (χ4n) is 8.41. The van der Waals surface area contributed by atoms with E-state index in [9.17, 15) is 15.3 Å². The Labute approximate surface area is 339 Å². The lowest BCUT2D eigenvalue weighted by molar-refractivity contribution is -0.140. The number of carbonyl (C=O) groups is 2. The van der Waals surface area contributed by atoms with E-state index in [1.165, 1.54) is 0 Å². The Morgan fingerprint density at radius 3 is 2.11 bits per heavy atom. The van der Waals surface area contributed by atoms with Crippen LogP contribution in [0.15, 0.2) is 76.8 Å². The molecule has 1 aromatic heterocycles. The molecule has 4 atom stereocenters. The van der Waals surface area contributed by atoms with Crippen LogP contribution in [0.5, 0.6) is 11.6 Å². The molecule has 0 bridgehead atoms. The summed E-state index contributed by atoms with van der Waals surface area (Å²) in [5.74, 6) is -3.13. The molecule has 57 heavy (non-hydrogen) atoms. The second kappa shape index (κ2) is 15.5. The van der Waals surface area contributed by atoms with Crippen molar-refractivity contribution in [3.05, 3.63) is 116 Å². The third-order valence-electron chi connectivity index (χ3n) is 12.4. The average Bonchev–Trinajstić information content (AvgIpc) is 3.59. The van der Waals surface area contributed by atoms with E-state index in [1.54, 1.807) is 6.07 Å². The number of ether oxygens (including phenoxy) is 2. The number of aliphatic hydroxyl groups is 3. The lowest BCUT2D eigenvalue weighted by Gasteiger charge is -2.55. The number of hydrogen-bond acceptors (Lipinski definition) is 11. The maximum atomic E-state index is 15.8. The molecule has 1 fully saturated rings. The molecule has 0 unspecified atom stereocenters. The Morgan fingerprint density at radius 1 is 0.947 bits per heavy atom. The number of fused-ring (bicyclic) bond motifs is 4. The SMILES string of the molecule is CN(C)[C@@H]1c2onc(OCc3ccccc3)c2C(=O)[C@@]2(O[Si](C)(C)C(C)(C)C)C(=O)C3=C(O)c4c(OCc5ccccc5)cc(C(CO)CO)c(Cl)c4C[C@H]3C[C@@H]12. The highest BCUT2D eigenvalue weighted by Gasteiger charge is 2.69. The monoisotopic (exact) mass is 814 g/mol. The van der Waals surface area contributed by atoms with Crippen LogP contribution in [0.25, 0.3) is 5.76 Å². The van der Waals surface area contributed by atoms with Crippen molar-refractivity contribution in [3.63, 3.8) is 0 Å². The van der Waals surface area contributed by atoms with Crippen molar-refractivity contribution in [1.82, 2.24) is 10.1 Å². The van der Waals surface area contributed by atoms with E-state index in [4.69, 9.17) is 30.0 Å². The van der Waals surface area contributed by atoms with E-state index in [2.05, 4.69) is 5.16 Å². The van der Waals surface area contributed by atoms with Crippen molar-refractivity contribution in [2.75, 3.05) is 27.3 Å². The normalized spacial score (nSPS) is 22.0. The molecule has 3 aliphatic carbocycles. The second-order valence-electron chi connectivity index (χ2n) is 17.1. The molecule has 3 N–H and O–H groups in total. The molecule has 3 aliphatic rings. The smallest absolute Gasteiger partial charge is 0.265 e. The lowest BCUT2D eigenvalue weighted by Crippen LogP contribution is -2.68. The van der Waals surface area contributed by atoms with Crippen LogP contribution in [0.3, 0.4) is 0 Å². The number of halogens is 1. The van der Waals surface area contributed by atoms with Gasteiger partial charge in [-0.05, 0) is 84.5 Å². The maximum Gasteiger partial charge on any atom is 0.265 e. The van der Waals surface area contributed by atoms with E-state index in [0.29, 0.717) is 16.9 Å². The highest BCUT2D eigenvalue weighted by atomic mass is 35.5. The summed E-state index contributed by atoms with van der Waals surface area (Å²) in [6.45, 7) is 9.65. The molecule has 0 radical (unpaired) electrons. The standard InChI is InChI=1S/C44H51ClN2O9Si/c1-43(2,3)57(6,7)56-44-31(37(47(4)5)39-35(41(44)52)42(46-55-39)54-24-26-16-12-9-13-17-26)19-27-18-30-34(38(50)33(27)40(44)51)32(53-23-25-14-10-8-11-15-25)20-29(36(30)45)28(21-48)22-49/h8-17,20,27-28,31,37,48-50H,18-19,21-24H2,1-7H3/t27-,31-,37-,44-/m0/s1. The summed E-state index contributed by atoms with van der Waals surface area (Å²) in [6.07, 6.45) is 0.465. The van der Waals surface area contributed by atoms with Crippen molar-refractivity contribution in [2.45, 2.75) is 82.5 Å². The summed E-state index contributed by atoms with van der Waals surface area (Å²) in [5.41, 5.74) is 1.01. The van der Waals surface area contributed by atoms with Crippen molar-refractivity contribution in [1.29, 1.82) is 0 Å². The summed E-state index contributed by atoms with van der Waals surface area (Å²) in [4.78, 5) is 33.2. The van der Waals surface area contributed by atoms with E-state index < -0.39 is 54.3 Å². The average molecular weight is 815 g/mol. The zero-order chi connectivity index (χ0) is 41.0. The molecule has 1 heterocycles. The van der Waals surface area contributed by atoms with Gasteiger partial charge in [0.05, 0.1) is 24.8 Å². The van der Waals surface area contributed by atoms with Gasteiger partial charge in [0.2, 0.25) is 11.6 Å². The molecule has 1 saturated carbocycles. The highest BCUT2D eigenvalue weighted by Crippen LogP contribution is 2.59. The highest BCUT2D eigenvalue weighted by molar-refractivity contribution is 6.74. The minimum absolute atomic E-state index is 0.0253. The number of benzene rings is 3. The molecular formula is C44H51ClN2O9Si. The molecule has 7 rings (SSSR count). The molecule has 3 aromatic carbocycles. The lowest BCUT2D eigenvalue weighted by atomic mass is 9.57. The summed E-state index contributed by atoms with van der Waals surface area (Å²) in [6, 6.07) is 19.9. The Hall–Kier alpha value is -4.30. The first-order valence-corrected chi connectivity index (χ1v) is 22.6. The van der Waals surface area contributed by atoms with Crippen LogP contribution in [0.4, 0.5) is 0 Å². The Balaban J connectivity index is 1.43. The van der Waals surface area contributed by atoms with Gasteiger partial charge < -0.3 is 33.7 Å². The molecule has 4 aromatic rings. The first kappa shape index (κ1) is 40.9. The topological polar surface area (TPSA) is 152 Å². The number of aromatic nitrogens is 1. The number of Topliss-reactive ketones (excluding diaryl/α,β-unsaturated/α-hetero) is 2. The molecule has 11 nitrogen and oxygen atoms in total. The Bertz CT molecular complexity index is 2190. The predicted molar refractivity (Wildman–Crippen MR) is 218 cm³/mol. The minimum atomic E-state index is -2.95. The van der Waals surface area contributed by atoms with Crippen LogP contribution in [-0.2, 0) is 28.9 Å². The molecular weight excluding hydrogens is 764 g/mol. The van der Waals surface area contributed by atoms with Gasteiger partial charge in [0.25, 0.3) is 5.88 Å². The van der Waals surface area contributed by atoms with Crippen LogP contribution in [0.1, 0.15) is 83.1 Å². The molecule has 0 amide bonds. The number of hydrogen-bond donors (Lipinski definition) is 3. The van der Waals surface area contributed by atoms with Crippen LogP contribution in [0.2, 0.25) is 23.2 Å². The van der Waals surface area contributed by atoms with Gasteiger partial charge in [0, 0.05) is 22.4 Å². The van der Waals surface area contributed by atoms with E-state index in [1.807, 2.05) is 114 Å². The number of ketones is 2. The van der Waals surface area contributed by atoms with Gasteiger partial charge in [-0.2, -0.15) is 0 Å². The summed E-state index contributed by atoms with van der Waals surface area (Å²) >= 11 is 7.13. The quantitative estimate of drug-likeness (QED) is 0.0948. The summed E-state index contributed by atoms with van der Waals surface area (Å²) < 4.78 is 25.8. The molecule has 13 heteroatoms. The molecule has 0 saturated heterocycles. The first-order valence-electron chi connectivity index (χ1n) is 19.3. The van der Waals surface area contributed by atoms with Gasteiger partial charge in [-0.15, -0.1) is 0 Å². The largest absolute Gasteiger partial charge is 0.507 e. The van der Waals surface area contributed by atoms with Crippen molar-refractivity contribution < 1.29 is 43.3 Å². The van der Waals surface area contributed by atoms with Gasteiger partial charge in [-0.25, -0.2) is 0 Å². The Kier molecular flexibility index (Phi) is 11.1. The third-order valence-corrected chi connectivity index (χ3v) is 17.3. The predicted octanol–water partition coefficient (Wildman–Crippen LogP) is 7.84. The number of carbonyl (C=O) groups excluding carboxylic acids is 2. The second-order valence-corrected chi connectivity index (χ2v) is 22.2. The molecule has 302 valence electrons. The zero-order valence-corrected chi connectivity index (χ0v) is 35.2. The van der Waals surface area contributed by atoms with Crippen LogP contribution in [-0.4, -0.2) is 78.2 Å². The fourth-order valence-corrected chi connectivity index (χ4v) is 10.2. The van der Waals surface area contributed by atoms with Crippen LogP contribution >= 0.6 is 11.6 Å². The van der Waals surface area contributed by atoms with E-state index in [-0.39, 0.29) is 78.4 Å². The minimum Gasteiger partial charge on any atom is -0.507 e. The van der Waals surface area contributed by atoms with Gasteiger partial charge >= 0.3 is 0 Å². The number of nitrogens with zero attached hydrogens (tertiary/aromatic N) is 2.